The second-order valence-electron chi connectivity index (χ2n) is 1.00. The van der Waals surface area contributed by atoms with E-state index in [0.717, 1.165) is 0 Å². The molecule has 0 unspecified atom stereocenters. The zero-order valence-corrected chi connectivity index (χ0v) is 7.24. The molecule has 2 N–H and O–H groups in total. The van der Waals surface area contributed by atoms with Crippen molar-refractivity contribution in [2.45, 2.75) is 0 Å². The molecule has 9 heteroatoms. The molecule has 0 aromatic rings. The molecule has 0 amide bonds. The molecule has 0 spiro atoms. The van der Waals surface area contributed by atoms with Crippen LogP contribution < -0.4 is 20.4 Å². The summed E-state index contributed by atoms with van der Waals surface area (Å²) in [7, 11) is 0. The van der Waals surface area contributed by atoms with Gasteiger partial charge in [0.15, 0.2) is 0 Å². The summed E-state index contributed by atoms with van der Waals surface area (Å²) >= 11 is 0. The molecule has 0 aliphatic carbocycles. The van der Waals surface area contributed by atoms with Crippen molar-refractivity contribution in [3.05, 3.63) is 11.5 Å². The van der Waals surface area contributed by atoms with E-state index in [1.807, 2.05) is 0 Å². The van der Waals surface area contributed by atoms with Gasteiger partial charge in [-0.1, -0.05) is 0 Å². The SMILES string of the molecule is O=C([O-])[O-].O=C([O-])[O-].[Co+3].[NH-]CC[NH-]. The minimum Gasteiger partial charge on any atom is -0.679 e. The van der Waals surface area contributed by atoms with Crippen molar-refractivity contribution in [1.29, 1.82) is 0 Å². The van der Waals surface area contributed by atoms with Crippen LogP contribution in [0.25, 0.3) is 11.5 Å². The van der Waals surface area contributed by atoms with Crippen LogP contribution in [0.4, 0.5) is 9.59 Å². The molecule has 0 saturated carbocycles. The van der Waals surface area contributed by atoms with E-state index in [4.69, 9.17) is 41.5 Å². The monoisotopic (exact) mass is 237 g/mol. The first kappa shape index (κ1) is 22.7. The summed E-state index contributed by atoms with van der Waals surface area (Å²) in [6.45, 7) is 0.472. The molecule has 0 aliphatic rings. The van der Waals surface area contributed by atoms with E-state index in [1.165, 1.54) is 0 Å². The Morgan fingerprint density at radius 1 is 0.846 bits per heavy atom. The predicted molar refractivity (Wildman–Crippen MR) is 29.2 cm³/mol. The van der Waals surface area contributed by atoms with Gasteiger partial charge in [-0.05, 0) is 12.3 Å². The van der Waals surface area contributed by atoms with Crippen LogP contribution in [-0.4, -0.2) is 25.4 Å². The molecule has 0 radical (unpaired) electrons. The molecule has 0 atom stereocenters. The summed E-state index contributed by atoms with van der Waals surface area (Å²) in [5.41, 5.74) is 12.5. The Morgan fingerprint density at radius 3 is 0.923 bits per heavy atom. The third kappa shape index (κ3) is 785000. The van der Waals surface area contributed by atoms with Crippen LogP contribution in [0.1, 0.15) is 0 Å². The van der Waals surface area contributed by atoms with E-state index in [0.29, 0.717) is 0 Å². The van der Waals surface area contributed by atoms with Crippen LogP contribution in [0.5, 0.6) is 0 Å². The second-order valence-corrected chi connectivity index (χ2v) is 1.00. The Kier molecular flexibility index (Phi) is 39.2. The average molecular weight is 237 g/mol. The molecule has 13 heavy (non-hydrogen) atoms. The molecule has 0 saturated heterocycles. The maximum atomic E-state index is 8.33. The van der Waals surface area contributed by atoms with Gasteiger partial charge in [0.2, 0.25) is 0 Å². The van der Waals surface area contributed by atoms with E-state index >= 15 is 0 Å². The average Bonchev–Trinajstić information content (AvgIpc) is 1.85. The number of rotatable bonds is 1. The molecule has 0 aliphatic heterocycles. The van der Waals surface area contributed by atoms with E-state index < -0.39 is 12.3 Å². The minimum absolute atomic E-state index is 0. The van der Waals surface area contributed by atoms with Crippen molar-refractivity contribution in [1.82, 2.24) is 0 Å². The summed E-state index contributed by atoms with van der Waals surface area (Å²) < 4.78 is 0. The normalized spacial score (nSPS) is 6.00. The van der Waals surface area contributed by atoms with Crippen molar-refractivity contribution >= 4 is 12.3 Å². The van der Waals surface area contributed by atoms with E-state index in [-0.39, 0.29) is 29.9 Å². The van der Waals surface area contributed by atoms with Gasteiger partial charge in [0.25, 0.3) is 0 Å². The number of carbonyl (C=O) groups excluding carboxylic acids is 2. The zero-order valence-electron chi connectivity index (χ0n) is 6.20. The summed E-state index contributed by atoms with van der Waals surface area (Å²) in [6, 6.07) is 0. The van der Waals surface area contributed by atoms with Crippen LogP contribution in [0.2, 0.25) is 0 Å². The summed E-state index contributed by atoms with van der Waals surface area (Å²) in [5.74, 6) is 0. The Bertz CT molecular complexity index is 99.2. The molecule has 0 fully saturated rings. The molecule has 0 aromatic carbocycles. The third-order valence-electron chi connectivity index (χ3n) is 0.125. The van der Waals surface area contributed by atoms with E-state index in [2.05, 4.69) is 0 Å². The van der Waals surface area contributed by atoms with Crippen molar-refractivity contribution in [3.8, 4) is 0 Å². The Labute approximate surface area is 84.3 Å². The summed E-state index contributed by atoms with van der Waals surface area (Å²) in [4.78, 5) is 16.7. The van der Waals surface area contributed by atoms with Gasteiger partial charge in [0.05, 0.1) is 0 Å². The van der Waals surface area contributed by atoms with Crippen molar-refractivity contribution < 1.29 is 46.8 Å². The third-order valence-corrected chi connectivity index (χ3v) is 0.125. The number of hydrogen-bond acceptors (Lipinski definition) is 6. The largest absolute Gasteiger partial charge is 3.00 e. The van der Waals surface area contributed by atoms with Crippen LogP contribution in [0, 0.1) is 0 Å². The van der Waals surface area contributed by atoms with Gasteiger partial charge >= 0.3 is 16.8 Å². The van der Waals surface area contributed by atoms with Crippen LogP contribution in [0.15, 0.2) is 0 Å². The first-order valence-electron chi connectivity index (χ1n) is 2.43. The molecular formula is C4H6CoN2O6-3. The Balaban J connectivity index is -0.0000000450. The number of carboxylic acid groups (broad SMARTS) is 4. The fourth-order valence-corrected chi connectivity index (χ4v) is 0. The second kappa shape index (κ2) is 22.4. The van der Waals surface area contributed by atoms with Crippen LogP contribution in [0.3, 0.4) is 0 Å². The number of nitrogens with one attached hydrogen (secondary N) is 2. The van der Waals surface area contributed by atoms with Gasteiger partial charge in [-0.25, -0.2) is 0 Å². The molecule has 80 valence electrons. The maximum Gasteiger partial charge on any atom is 3.00 e. The topological polar surface area (TPSA) is 174 Å². The fraction of sp³-hybridized carbons (Fsp3) is 0.500. The Hall–Kier alpha value is -1.03. The van der Waals surface area contributed by atoms with E-state index in [1.54, 1.807) is 0 Å². The maximum absolute atomic E-state index is 8.33. The standard InChI is InChI=1S/C2H6N2.2CH2O3.Co/c3-1-2-4;2*2-1(3)4;/h3-4H,1-2H2;2*(H2,2,3,4);/q-2;;;+3/p-4. The predicted octanol–water partition coefficient (Wildman–Crippen LogP) is -3.81. The van der Waals surface area contributed by atoms with Crippen molar-refractivity contribution in [3.63, 3.8) is 0 Å². The molecular weight excluding hydrogens is 231 g/mol. The summed E-state index contributed by atoms with van der Waals surface area (Å²) in [5, 5.41) is 33.3. The quantitative estimate of drug-likeness (QED) is 0.451. The molecule has 0 bridgehead atoms. The Morgan fingerprint density at radius 2 is 0.923 bits per heavy atom. The van der Waals surface area contributed by atoms with E-state index in [9.17, 15) is 0 Å². The van der Waals surface area contributed by atoms with Gasteiger partial charge < -0.3 is 41.5 Å². The number of hydrogen-bond donors (Lipinski definition) is 0. The fourth-order valence-electron chi connectivity index (χ4n) is 0. The van der Waals surface area contributed by atoms with Gasteiger partial charge in [-0.15, -0.1) is 0 Å². The first-order chi connectivity index (χ1) is 5.38. The molecule has 0 heterocycles. The van der Waals surface area contributed by atoms with Gasteiger partial charge in [-0.2, -0.15) is 13.1 Å². The van der Waals surface area contributed by atoms with Crippen molar-refractivity contribution in [2.24, 2.45) is 0 Å². The molecule has 8 nitrogen and oxygen atoms in total. The molecule has 0 aromatic heterocycles. The van der Waals surface area contributed by atoms with Crippen LogP contribution in [-0.2, 0) is 16.8 Å². The van der Waals surface area contributed by atoms with Gasteiger partial charge in [0, 0.05) is 0 Å². The van der Waals surface area contributed by atoms with Gasteiger partial charge in [0.1, 0.15) is 0 Å². The zero-order chi connectivity index (χ0) is 10.6. The van der Waals surface area contributed by atoms with Gasteiger partial charge in [-0.3, -0.25) is 0 Å². The summed E-state index contributed by atoms with van der Waals surface area (Å²) in [6.07, 6.45) is -4.67. The van der Waals surface area contributed by atoms with Crippen LogP contribution >= 0.6 is 0 Å². The minimum atomic E-state index is -2.33. The first-order valence-corrected chi connectivity index (χ1v) is 2.43. The number of carbonyl (C=O) groups is 2. The smallest absolute Gasteiger partial charge is 0.679 e. The molecule has 0 rings (SSSR count). The van der Waals surface area contributed by atoms with Crippen molar-refractivity contribution in [2.75, 3.05) is 13.1 Å².